The van der Waals surface area contributed by atoms with Gasteiger partial charge in [-0.05, 0) is 124 Å². The SMILES string of the molecule is c1ccc(-c2ccc(-n3c4ccccc4c4ccc(N(c5ccccc5)c5ccc6c(c5)C(c5ccccc5)(N(c5ccccc5)c5ccc7c(c5)oc5ccccc57)c5ccccc5-6)cc43)cc2)cc1. The van der Waals surface area contributed by atoms with E-state index in [-0.39, 0.29) is 0 Å². The zero-order chi connectivity index (χ0) is 46.9. The van der Waals surface area contributed by atoms with Crippen molar-refractivity contribution in [3.8, 4) is 27.9 Å². The maximum atomic E-state index is 6.64. The molecule has 0 saturated heterocycles. The molecule has 2 aromatic heterocycles. The van der Waals surface area contributed by atoms with Crippen molar-refractivity contribution in [2.75, 3.05) is 9.80 Å². The summed E-state index contributed by atoms with van der Waals surface area (Å²) in [7, 11) is 0. The van der Waals surface area contributed by atoms with Crippen LogP contribution in [0.5, 0.6) is 0 Å². The highest BCUT2D eigenvalue weighted by Crippen LogP contribution is 2.59. The van der Waals surface area contributed by atoms with Gasteiger partial charge in [0.2, 0.25) is 0 Å². The van der Waals surface area contributed by atoms with Crippen molar-refractivity contribution < 1.29 is 4.42 Å². The number of hydrogen-bond donors (Lipinski definition) is 0. The van der Waals surface area contributed by atoms with E-state index in [1.807, 2.05) is 6.07 Å². The van der Waals surface area contributed by atoms with E-state index in [4.69, 9.17) is 4.42 Å². The molecule has 0 N–H and O–H groups in total. The number of fused-ring (bicyclic) bond motifs is 9. The number of aromatic nitrogens is 1. The average Bonchev–Trinajstić information content (AvgIpc) is 4.08. The molecule has 0 fully saturated rings. The minimum atomic E-state index is -0.825. The quantitative estimate of drug-likeness (QED) is 0.144. The second-order valence-corrected chi connectivity index (χ2v) is 18.4. The summed E-state index contributed by atoms with van der Waals surface area (Å²) in [6, 6.07) is 99.1. The fourth-order valence-corrected chi connectivity index (χ4v) is 11.5. The van der Waals surface area contributed by atoms with Crippen LogP contribution in [0.15, 0.2) is 277 Å². The molecule has 334 valence electrons. The number of nitrogens with zero attached hydrogens (tertiary/aromatic N) is 3. The van der Waals surface area contributed by atoms with Crippen LogP contribution >= 0.6 is 0 Å². The highest BCUT2D eigenvalue weighted by atomic mass is 16.3. The van der Waals surface area contributed by atoms with Gasteiger partial charge in [-0.2, -0.15) is 0 Å². The second-order valence-electron chi connectivity index (χ2n) is 18.4. The molecular formula is C67H45N3O. The summed E-state index contributed by atoms with van der Waals surface area (Å²) < 4.78 is 9.06. The summed E-state index contributed by atoms with van der Waals surface area (Å²) in [5.74, 6) is 0. The molecular weight excluding hydrogens is 863 g/mol. The van der Waals surface area contributed by atoms with Gasteiger partial charge in [0.15, 0.2) is 0 Å². The lowest BCUT2D eigenvalue weighted by atomic mass is 9.78. The Balaban J connectivity index is 1.01. The number of anilines is 5. The smallest absolute Gasteiger partial charge is 0.137 e. The normalized spacial score (nSPS) is 14.0. The molecule has 4 nitrogen and oxygen atoms in total. The molecule has 1 aliphatic carbocycles. The predicted molar refractivity (Wildman–Crippen MR) is 295 cm³/mol. The Labute approximate surface area is 412 Å². The van der Waals surface area contributed by atoms with Crippen molar-refractivity contribution in [1.29, 1.82) is 0 Å². The van der Waals surface area contributed by atoms with Crippen LogP contribution in [0.1, 0.15) is 16.7 Å². The van der Waals surface area contributed by atoms with Crippen LogP contribution in [0.25, 0.3) is 71.7 Å². The van der Waals surface area contributed by atoms with Crippen LogP contribution in [-0.2, 0) is 5.54 Å². The maximum absolute atomic E-state index is 6.64. The van der Waals surface area contributed by atoms with E-state index >= 15 is 0 Å². The standard InChI is InChI=1S/C67H45N3O/c1-5-19-46(20-6-1)47-33-35-50(36-34-47)69-63-31-17-14-28-57(63)58-41-38-53(44-64(58)69)68(49-23-9-3-10-24-49)52-37-40-56-55-27-13-16-30-61(55)67(62(56)43-52,48-21-7-2-8-22-48)70(51-25-11-4-12-26-51)54-39-42-60-59-29-15-18-32-65(59)71-66(60)45-54/h1-45H. The molecule has 0 spiro atoms. The molecule has 4 heteroatoms. The van der Waals surface area contributed by atoms with Gasteiger partial charge in [0.25, 0.3) is 0 Å². The molecule has 2 heterocycles. The maximum Gasteiger partial charge on any atom is 0.137 e. The largest absolute Gasteiger partial charge is 0.456 e. The van der Waals surface area contributed by atoms with E-state index < -0.39 is 5.54 Å². The monoisotopic (exact) mass is 907 g/mol. The van der Waals surface area contributed by atoms with Crippen molar-refractivity contribution >= 4 is 72.2 Å². The summed E-state index contributed by atoms with van der Waals surface area (Å²) in [4.78, 5) is 4.97. The number of hydrogen-bond acceptors (Lipinski definition) is 3. The van der Waals surface area contributed by atoms with Crippen LogP contribution in [0.3, 0.4) is 0 Å². The van der Waals surface area contributed by atoms with Crippen LogP contribution in [0, 0.1) is 0 Å². The lowest BCUT2D eigenvalue weighted by Crippen LogP contribution is -2.44. The Morgan fingerprint density at radius 3 is 1.66 bits per heavy atom. The van der Waals surface area contributed by atoms with Gasteiger partial charge in [-0.1, -0.05) is 182 Å². The molecule has 13 aromatic rings. The molecule has 14 rings (SSSR count). The molecule has 11 aromatic carbocycles. The second kappa shape index (κ2) is 16.4. The molecule has 0 bridgehead atoms. The van der Waals surface area contributed by atoms with E-state index in [2.05, 4.69) is 281 Å². The molecule has 1 aliphatic rings. The Hall–Kier alpha value is -9.38. The Kier molecular flexibility index (Phi) is 9.39. The fraction of sp³-hybridized carbons (Fsp3) is 0.0149. The highest BCUT2D eigenvalue weighted by Gasteiger charge is 2.50. The van der Waals surface area contributed by atoms with Gasteiger partial charge >= 0.3 is 0 Å². The van der Waals surface area contributed by atoms with Crippen LogP contribution in [0.4, 0.5) is 28.4 Å². The van der Waals surface area contributed by atoms with E-state index in [1.54, 1.807) is 0 Å². The van der Waals surface area contributed by atoms with Crippen molar-refractivity contribution in [1.82, 2.24) is 4.57 Å². The average molecular weight is 908 g/mol. The molecule has 71 heavy (non-hydrogen) atoms. The first-order chi connectivity index (χ1) is 35.2. The van der Waals surface area contributed by atoms with Gasteiger partial charge in [0, 0.05) is 61.7 Å². The third kappa shape index (κ3) is 6.39. The number of furan rings is 1. The van der Waals surface area contributed by atoms with Crippen molar-refractivity contribution in [3.63, 3.8) is 0 Å². The molecule has 0 saturated carbocycles. The Morgan fingerprint density at radius 1 is 0.324 bits per heavy atom. The molecule has 1 unspecified atom stereocenters. The van der Waals surface area contributed by atoms with Crippen LogP contribution in [0.2, 0.25) is 0 Å². The Morgan fingerprint density at radius 2 is 0.873 bits per heavy atom. The summed E-state index contributed by atoms with van der Waals surface area (Å²) in [6.07, 6.45) is 0. The highest BCUT2D eigenvalue weighted by molar-refractivity contribution is 6.11. The zero-order valence-electron chi connectivity index (χ0n) is 38.7. The summed E-state index contributed by atoms with van der Waals surface area (Å²) in [6.45, 7) is 0. The minimum absolute atomic E-state index is 0.825. The van der Waals surface area contributed by atoms with Crippen molar-refractivity contribution in [2.45, 2.75) is 5.54 Å². The fourth-order valence-electron chi connectivity index (χ4n) is 11.5. The third-order valence-corrected chi connectivity index (χ3v) is 14.6. The molecule has 0 aliphatic heterocycles. The number of benzene rings is 11. The first-order valence-electron chi connectivity index (χ1n) is 24.3. The van der Waals surface area contributed by atoms with Gasteiger partial charge in [-0.15, -0.1) is 0 Å². The summed E-state index contributed by atoms with van der Waals surface area (Å²) in [5.41, 5.74) is 18.0. The lowest BCUT2D eigenvalue weighted by Gasteiger charge is -2.45. The lowest BCUT2D eigenvalue weighted by molar-refractivity contribution is 0.641. The molecule has 0 radical (unpaired) electrons. The van der Waals surface area contributed by atoms with E-state index in [9.17, 15) is 0 Å². The topological polar surface area (TPSA) is 24.6 Å². The minimum Gasteiger partial charge on any atom is -0.456 e. The van der Waals surface area contributed by atoms with E-state index in [0.717, 1.165) is 67.1 Å². The first kappa shape index (κ1) is 40.7. The van der Waals surface area contributed by atoms with Crippen LogP contribution in [-0.4, -0.2) is 4.57 Å². The van der Waals surface area contributed by atoms with Gasteiger partial charge in [-0.3, -0.25) is 0 Å². The Bertz CT molecular complexity index is 4110. The molecule has 0 amide bonds. The third-order valence-electron chi connectivity index (χ3n) is 14.6. The van der Waals surface area contributed by atoms with Gasteiger partial charge in [0.1, 0.15) is 16.7 Å². The van der Waals surface area contributed by atoms with Crippen molar-refractivity contribution in [3.05, 3.63) is 290 Å². The summed E-state index contributed by atoms with van der Waals surface area (Å²) in [5, 5.41) is 4.63. The van der Waals surface area contributed by atoms with E-state index in [1.165, 1.54) is 49.7 Å². The number of rotatable bonds is 9. The number of para-hydroxylation sites is 4. The predicted octanol–water partition coefficient (Wildman–Crippen LogP) is 17.9. The van der Waals surface area contributed by atoms with Gasteiger partial charge in [-0.25, -0.2) is 0 Å². The van der Waals surface area contributed by atoms with Crippen molar-refractivity contribution in [2.24, 2.45) is 0 Å². The van der Waals surface area contributed by atoms with Crippen LogP contribution < -0.4 is 9.80 Å². The summed E-state index contributed by atoms with van der Waals surface area (Å²) >= 11 is 0. The first-order valence-corrected chi connectivity index (χ1v) is 24.3. The van der Waals surface area contributed by atoms with Gasteiger partial charge in [0.05, 0.1) is 11.0 Å². The van der Waals surface area contributed by atoms with E-state index in [0.29, 0.717) is 0 Å². The molecule has 1 atom stereocenters. The van der Waals surface area contributed by atoms with Gasteiger partial charge < -0.3 is 18.8 Å². The zero-order valence-corrected chi connectivity index (χ0v) is 38.7.